The van der Waals surface area contributed by atoms with Gasteiger partial charge in [-0.2, -0.15) is 0 Å². The first-order valence-corrected chi connectivity index (χ1v) is 20.0. The normalized spacial score (nSPS) is 18.1. The van der Waals surface area contributed by atoms with Crippen LogP contribution >= 0.6 is 15.9 Å². The molecule has 1 N–H and O–H groups in total. The SMILES string of the molecule is CN(C)[C@@H](C(=O)N1CCC[C@H]1C(=O)Cc1ccc2oc(-c3ccc(NC(=O)[C@@H]4CCCN4C(=O)[C@@H](c4ccccc4)N(C)C)cc3)c(Br)c2c1)c1ccccc1. The lowest BCUT2D eigenvalue weighted by Crippen LogP contribution is -2.47. The number of nitrogens with zero attached hydrogens (tertiary/aromatic N) is 4. The van der Waals surface area contributed by atoms with Crippen molar-refractivity contribution < 1.29 is 23.6 Å². The molecular weight excluding hydrogens is 770 g/mol. The number of amides is 3. The quantitative estimate of drug-likeness (QED) is 0.139. The Hall–Kier alpha value is -5.10. The summed E-state index contributed by atoms with van der Waals surface area (Å²) in [6.07, 6.45) is 3.01. The molecule has 2 aliphatic heterocycles. The zero-order valence-corrected chi connectivity index (χ0v) is 33.9. The van der Waals surface area contributed by atoms with E-state index in [4.69, 9.17) is 4.42 Å². The fraction of sp³-hybridized carbons (Fsp3) is 0.333. The number of nitrogens with one attached hydrogen (secondary N) is 1. The molecule has 0 radical (unpaired) electrons. The molecule has 4 atom stereocenters. The summed E-state index contributed by atoms with van der Waals surface area (Å²) < 4.78 is 7.05. The number of carbonyl (C=O) groups is 4. The fourth-order valence-electron chi connectivity index (χ4n) is 8.24. The average Bonchev–Trinajstić information content (AvgIpc) is 3.96. The van der Waals surface area contributed by atoms with Crippen LogP contribution in [0.3, 0.4) is 0 Å². The molecule has 7 rings (SSSR count). The first-order chi connectivity index (χ1) is 27.0. The van der Waals surface area contributed by atoms with Gasteiger partial charge >= 0.3 is 0 Å². The number of fused-ring (bicyclic) bond motifs is 1. The van der Waals surface area contributed by atoms with E-state index in [1.165, 1.54) is 0 Å². The van der Waals surface area contributed by atoms with E-state index in [9.17, 15) is 19.2 Å². The topological polar surface area (TPSA) is 106 Å². The molecule has 290 valence electrons. The largest absolute Gasteiger partial charge is 0.455 e. The van der Waals surface area contributed by atoms with E-state index in [0.29, 0.717) is 43.0 Å². The number of likely N-dealkylation sites (N-methyl/N-ethyl adjacent to an activating group) is 2. The predicted octanol–water partition coefficient (Wildman–Crippen LogP) is 7.50. The van der Waals surface area contributed by atoms with Crippen molar-refractivity contribution >= 4 is 56.1 Å². The summed E-state index contributed by atoms with van der Waals surface area (Å²) in [7, 11) is 7.55. The number of hydrogen-bond donors (Lipinski definition) is 1. The Kier molecular flexibility index (Phi) is 11.8. The van der Waals surface area contributed by atoms with Crippen molar-refractivity contribution in [1.82, 2.24) is 19.6 Å². The third kappa shape index (κ3) is 8.07. The van der Waals surface area contributed by atoms with Crippen molar-refractivity contribution in [3.05, 3.63) is 124 Å². The molecule has 1 aromatic heterocycles. The maximum absolute atomic E-state index is 13.8. The van der Waals surface area contributed by atoms with Crippen molar-refractivity contribution in [3.8, 4) is 11.3 Å². The van der Waals surface area contributed by atoms with E-state index >= 15 is 0 Å². The number of benzene rings is 4. The Morgan fingerprint density at radius 1 is 0.732 bits per heavy atom. The lowest BCUT2D eigenvalue weighted by molar-refractivity contribution is -0.141. The third-order valence-electron chi connectivity index (χ3n) is 11.0. The van der Waals surface area contributed by atoms with Gasteiger partial charge in [-0.15, -0.1) is 0 Å². The number of ketones is 1. The number of halogens is 1. The standard InChI is InChI=1S/C45H48BrN5O5/c1-48(2)40(30-13-7-5-8-14-30)44(54)50-25-11-17-35(50)37(52)28-29-19-24-38-34(27-29)39(46)42(56-38)32-20-22-33(23-21-32)47-43(53)36-18-12-26-51(36)45(55)41(49(3)4)31-15-9-6-10-16-31/h5-10,13-16,19-24,27,35-36,40-41H,11-12,17-18,25-26,28H2,1-4H3,(H,47,53)/t35-,36-,40+,41+/m0/s1. The van der Waals surface area contributed by atoms with Crippen LogP contribution in [-0.2, 0) is 25.6 Å². The first-order valence-electron chi connectivity index (χ1n) is 19.2. The average molecular weight is 819 g/mol. The van der Waals surface area contributed by atoms with Crippen molar-refractivity contribution in [2.24, 2.45) is 0 Å². The lowest BCUT2D eigenvalue weighted by atomic mass is 9.99. The molecule has 0 saturated carbocycles. The van der Waals surface area contributed by atoms with Gasteiger partial charge in [0.15, 0.2) is 5.78 Å². The Labute approximate surface area is 336 Å². The number of carbonyl (C=O) groups excluding carboxylic acids is 4. The van der Waals surface area contributed by atoms with Gasteiger partial charge in [0.05, 0.1) is 10.5 Å². The summed E-state index contributed by atoms with van der Waals surface area (Å²) in [5.41, 5.74) is 4.76. The van der Waals surface area contributed by atoms with Crippen LogP contribution in [0.15, 0.2) is 112 Å². The van der Waals surface area contributed by atoms with Gasteiger partial charge in [0.25, 0.3) is 0 Å². The third-order valence-corrected chi connectivity index (χ3v) is 11.7. The van der Waals surface area contributed by atoms with Gasteiger partial charge in [-0.3, -0.25) is 29.0 Å². The number of rotatable bonds is 12. The second-order valence-electron chi connectivity index (χ2n) is 15.2. The highest BCUT2D eigenvalue weighted by Gasteiger charge is 2.39. The van der Waals surface area contributed by atoms with Gasteiger partial charge in [0.2, 0.25) is 17.7 Å². The maximum Gasteiger partial charge on any atom is 0.247 e. The first kappa shape index (κ1) is 39.1. The van der Waals surface area contributed by atoms with E-state index in [0.717, 1.165) is 45.0 Å². The second-order valence-corrected chi connectivity index (χ2v) is 16.0. The molecule has 0 unspecified atom stereocenters. The molecule has 2 saturated heterocycles. The molecule has 0 aliphatic carbocycles. The molecule has 3 heterocycles. The molecule has 2 aliphatic rings. The molecule has 4 aromatic carbocycles. The van der Waals surface area contributed by atoms with E-state index in [1.54, 1.807) is 9.80 Å². The molecule has 0 bridgehead atoms. The Balaban J connectivity index is 1.01. The van der Waals surface area contributed by atoms with Crippen LogP contribution in [0, 0.1) is 0 Å². The Morgan fingerprint density at radius 2 is 1.27 bits per heavy atom. The fourth-order valence-corrected chi connectivity index (χ4v) is 8.86. The molecule has 11 heteroatoms. The van der Waals surface area contributed by atoms with Gasteiger partial charge in [0.1, 0.15) is 29.5 Å². The Morgan fingerprint density at radius 3 is 1.82 bits per heavy atom. The van der Waals surface area contributed by atoms with E-state index in [-0.39, 0.29) is 29.9 Å². The van der Waals surface area contributed by atoms with Gasteiger partial charge in [0, 0.05) is 36.1 Å². The minimum Gasteiger partial charge on any atom is -0.455 e. The highest BCUT2D eigenvalue weighted by molar-refractivity contribution is 9.10. The van der Waals surface area contributed by atoms with Crippen LogP contribution in [0.1, 0.15) is 54.5 Å². The zero-order chi connectivity index (χ0) is 39.5. The predicted molar refractivity (Wildman–Crippen MR) is 222 cm³/mol. The highest BCUT2D eigenvalue weighted by atomic mass is 79.9. The van der Waals surface area contributed by atoms with E-state index in [2.05, 4.69) is 21.2 Å². The van der Waals surface area contributed by atoms with Gasteiger partial charge in [-0.05, 0) is 123 Å². The van der Waals surface area contributed by atoms with Crippen LogP contribution in [0.4, 0.5) is 5.69 Å². The molecule has 56 heavy (non-hydrogen) atoms. The molecular formula is C45H48BrN5O5. The van der Waals surface area contributed by atoms with Crippen LogP contribution in [-0.4, -0.2) is 96.5 Å². The van der Waals surface area contributed by atoms with Crippen LogP contribution in [0.25, 0.3) is 22.3 Å². The number of anilines is 1. The Bertz CT molecular complexity index is 2200. The monoisotopic (exact) mass is 817 g/mol. The van der Waals surface area contributed by atoms with Crippen LogP contribution in [0.2, 0.25) is 0 Å². The van der Waals surface area contributed by atoms with Crippen molar-refractivity contribution in [2.75, 3.05) is 46.6 Å². The lowest BCUT2D eigenvalue weighted by Gasteiger charge is -2.31. The minimum absolute atomic E-state index is 0.0250. The number of hydrogen-bond acceptors (Lipinski definition) is 7. The maximum atomic E-state index is 13.8. The second kappa shape index (κ2) is 17.0. The van der Waals surface area contributed by atoms with E-state index < -0.39 is 24.2 Å². The molecule has 5 aromatic rings. The summed E-state index contributed by atoms with van der Waals surface area (Å²) in [5.74, 6) is 0.321. The summed E-state index contributed by atoms with van der Waals surface area (Å²) in [6, 6.07) is 30.6. The number of likely N-dealkylation sites (tertiary alicyclic amines) is 2. The van der Waals surface area contributed by atoms with Crippen LogP contribution < -0.4 is 5.32 Å². The number of furan rings is 1. The van der Waals surface area contributed by atoms with Crippen molar-refractivity contribution in [3.63, 3.8) is 0 Å². The van der Waals surface area contributed by atoms with Crippen molar-refractivity contribution in [1.29, 1.82) is 0 Å². The van der Waals surface area contributed by atoms with Gasteiger partial charge < -0.3 is 19.5 Å². The molecule has 0 spiro atoms. The molecule has 10 nitrogen and oxygen atoms in total. The molecule has 2 fully saturated rings. The van der Waals surface area contributed by atoms with Gasteiger partial charge in [-0.25, -0.2) is 0 Å². The molecule has 3 amide bonds. The highest BCUT2D eigenvalue weighted by Crippen LogP contribution is 2.39. The minimum atomic E-state index is -0.555. The smallest absolute Gasteiger partial charge is 0.247 e. The van der Waals surface area contributed by atoms with Crippen molar-refractivity contribution in [2.45, 2.75) is 56.3 Å². The van der Waals surface area contributed by atoms with Gasteiger partial charge in [-0.1, -0.05) is 66.7 Å². The summed E-state index contributed by atoms with van der Waals surface area (Å²) in [6.45, 7) is 1.10. The zero-order valence-electron chi connectivity index (χ0n) is 32.3. The summed E-state index contributed by atoms with van der Waals surface area (Å²) >= 11 is 3.75. The summed E-state index contributed by atoms with van der Waals surface area (Å²) in [5, 5.41) is 3.87. The summed E-state index contributed by atoms with van der Waals surface area (Å²) in [4.78, 5) is 62.2. The van der Waals surface area contributed by atoms with Crippen LogP contribution in [0.5, 0.6) is 0 Å². The van der Waals surface area contributed by atoms with E-state index in [1.807, 2.05) is 141 Å². The number of Topliss-reactive ketones (excluding diaryl/α,β-unsaturated/α-hetero) is 1.